The van der Waals surface area contributed by atoms with Crippen LogP contribution in [0.15, 0.2) is 146 Å². The Morgan fingerprint density at radius 3 is 1.42 bits per heavy atom. The molecular weight excluding hydrogens is 541 g/mol. The number of hydrogen-bond acceptors (Lipinski definition) is 1. The highest BCUT2D eigenvalue weighted by atomic mass is 32.1. The number of hydrogen-bond donors (Lipinski definition) is 0. The molecule has 10 aromatic rings. The summed E-state index contributed by atoms with van der Waals surface area (Å²) in [7, 11) is 0. The molecule has 7 aromatic carbocycles. The first kappa shape index (κ1) is 23.2. The molecule has 0 amide bonds. The van der Waals surface area contributed by atoms with Crippen LogP contribution in [0.5, 0.6) is 0 Å². The molecule has 3 aromatic heterocycles. The molecule has 0 atom stereocenters. The van der Waals surface area contributed by atoms with Crippen LogP contribution in [0.2, 0.25) is 0 Å². The summed E-state index contributed by atoms with van der Waals surface area (Å²) in [6.07, 6.45) is 0. The molecule has 0 saturated carbocycles. The van der Waals surface area contributed by atoms with Crippen molar-refractivity contribution in [2.24, 2.45) is 0 Å². The summed E-state index contributed by atoms with van der Waals surface area (Å²) in [5.41, 5.74) is 7.32. The van der Waals surface area contributed by atoms with Gasteiger partial charge in [-0.3, -0.25) is 0 Å². The number of thiophene rings is 1. The lowest BCUT2D eigenvalue weighted by molar-refractivity contribution is 1.15. The highest BCUT2D eigenvalue weighted by Gasteiger charge is 2.21. The Morgan fingerprint density at radius 1 is 0.349 bits per heavy atom. The number of rotatable bonds is 2. The SMILES string of the molecule is c1ccc2c(c1)sc1c2c2ccccc2c2c3ccccc3n(-c3ccc(-n4c5ccccc5c5ccccc54)cc3)c12. The molecule has 0 unspecified atom stereocenters. The van der Waals surface area contributed by atoms with Gasteiger partial charge in [-0.1, -0.05) is 97.1 Å². The monoisotopic (exact) mass is 564 g/mol. The van der Waals surface area contributed by atoms with Crippen LogP contribution < -0.4 is 0 Å². The number of para-hydroxylation sites is 3. The molecule has 0 spiro atoms. The number of fused-ring (bicyclic) bond motifs is 13. The lowest BCUT2D eigenvalue weighted by atomic mass is 9.99. The summed E-state index contributed by atoms with van der Waals surface area (Å²) >= 11 is 1.91. The van der Waals surface area contributed by atoms with Gasteiger partial charge < -0.3 is 9.13 Å². The van der Waals surface area contributed by atoms with E-state index in [0.29, 0.717) is 0 Å². The molecular formula is C40H24N2S. The van der Waals surface area contributed by atoms with Crippen molar-refractivity contribution in [1.29, 1.82) is 0 Å². The minimum atomic E-state index is 1.17. The van der Waals surface area contributed by atoms with Crippen LogP contribution in [-0.4, -0.2) is 9.13 Å². The maximum atomic E-state index is 2.49. The average molecular weight is 565 g/mol. The molecule has 10 rings (SSSR count). The van der Waals surface area contributed by atoms with Gasteiger partial charge in [0.2, 0.25) is 0 Å². The highest BCUT2D eigenvalue weighted by molar-refractivity contribution is 7.27. The molecule has 0 aliphatic heterocycles. The molecule has 3 heterocycles. The van der Waals surface area contributed by atoms with Crippen molar-refractivity contribution in [2.75, 3.05) is 0 Å². The molecule has 200 valence electrons. The Labute approximate surface area is 251 Å². The molecule has 0 radical (unpaired) electrons. The fraction of sp³-hybridized carbons (Fsp3) is 0. The van der Waals surface area contributed by atoms with Gasteiger partial charge in [-0.05, 0) is 59.3 Å². The van der Waals surface area contributed by atoms with Crippen LogP contribution in [0.3, 0.4) is 0 Å². The minimum Gasteiger partial charge on any atom is -0.309 e. The van der Waals surface area contributed by atoms with Crippen molar-refractivity contribution in [3.63, 3.8) is 0 Å². The summed E-state index contributed by atoms with van der Waals surface area (Å²) in [5, 5.41) is 10.5. The Balaban J connectivity index is 1.31. The predicted octanol–water partition coefficient (Wildman–Crippen LogP) is 11.4. The standard InChI is InChI=1S/C40H24N2S/c1-2-14-30-29(13-1)37-31-15-5-9-19-35(31)42(39(37)40-38(30)32-16-6-10-20-36(32)43-40)26-23-21-25(22-24-26)41-33-17-7-3-11-27(33)28-12-4-8-18-34(28)41/h1-24H. The van der Waals surface area contributed by atoms with Crippen LogP contribution in [0.4, 0.5) is 0 Å². The second kappa shape index (κ2) is 8.57. The first-order valence-electron chi connectivity index (χ1n) is 14.7. The van der Waals surface area contributed by atoms with Crippen LogP contribution in [0.25, 0.3) is 85.9 Å². The quantitative estimate of drug-likeness (QED) is 0.198. The third-order valence-electron chi connectivity index (χ3n) is 9.10. The van der Waals surface area contributed by atoms with Crippen LogP contribution in [-0.2, 0) is 0 Å². The number of aromatic nitrogens is 2. The van der Waals surface area contributed by atoms with Crippen molar-refractivity contribution >= 4 is 85.9 Å². The molecule has 3 heteroatoms. The summed E-state index contributed by atoms with van der Waals surface area (Å²) in [6, 6.07) is 53.2. The maximum absolute atomic E-state index is 2.49. The summed E-state index contributed by atoms with van der Waals surface area (Å²) in [4.78, 5) is 0. The predicted molar refractivity (Wildman–Crippen MR) is 186 cm³/mol. The van der Waals surface area contributed by atoms with Crippen molar-refractivity contribution < 1.29 is 0 Å². The van der Waals surface area contributed by atoms with Crippen LogP contribution in [0, 0.1) is 0 Å². The summed E-state index contributed by atoms with van der Waals surface area (Å²) in [5.74, 6) is 0. The Morgan fingerprint density at radius 2 is 0.791 bits per heavy atom. The first-order chi connectivity index (χ1) is 21.4. The van der Waals surface area contributed by atoms with Crippen LogP contribution >= 0.6 is 11.3 Å². The zero-order valence-corrected chi connectivity index (χ0v) is 24.0. The molecule has 2 nitrogen and oxygen atoms in total. The van der Waals surface area contributed by atoms with Gasteiger partial charge in [0, 0.05) is 48.4 Å². The molecule has 0 N–H and O–H groups in total. The van der Waals surface area contributed by atoms with E-state index in [1.807, 2.05) is 11.3 Å². The Kier molecular flexibility index (Phi) is 4.63. The fourth-order valence-electron chi connectivity index (χ4n) is 7.35. The fourth-order valence-corrected chi connectivity index (χ4v) is 8.60. The minimum absolute atomic E-state index is 1.17. The molecule has 0 bridgehead atoms. The van der Waals surface area contributed by atoms with Crippen LogP contribution in [0.1, 0.15) is 0 Å². The van der Waals surface area contributed by atoms with Crippen molar-refractivity contribution in [3.05, 3.63) is 146 Å². The van der Waals surface area contributed by atoms with E-state index < -0.39 is 0 Å². The van der Waals surface area contributed by atoms with Gasteiger partial charge in [-0.25, -0.2) is 0 Å². The zero-order chi connectivity index (χ0) is 28.1. The summed E-state index contributed by atoms with van der Waals surface area (Å²) in [6.45, 7) is 0. The van der Waals surface area contributed by atoms with Gasteiger partial charge in [-0.15, -0.1) is 11.3 Å². The van der Waals surface area contributed by atoms with E-state index in [9.17, 15) is 0 Å². The number of nitrogens with zero attached hydrogens (tertiary/aromatic N) is 2. The highest BCUT2D eigenvalue weighted by Crippen LogP contribution is 2.47. The van der Waals surface area contributed by atoms with Crippen molar-refractivity contribution in [3.8, 4) is 11.4 Å². The molecule has 43 heavy (non-hydrogen) atoms. The van der Waals surface area contributed by atoms with E-state index in [0.717, 1.165) is 0 Å². The largest absolute Gasteiger partial charge is 0.309 e. The molecule has 0 aliphatic carbocycles. The summed E-state index contributed by atoms with van der Waals surface area (Å²) < 4.78 is 7.55. The van der Waals surface area contributed by atoms with E-state index in [1.165, 1.54) is 85.9 Å². The van der Waals surface area contributed by atoms with Crippen molar-refractivity contribution in [1.82, 2.24) is 9.13 Å². The van der Waals surface area contributed by atoms with Gasteiger partial charge in [0.05, 0.1) is 26.8 Å². The van der Waals surface area contributed by atoms with Crippen molar-refractivity contribution in [2.45, 2.75) is 0 Å². The van der Waals surface area contributed by atoms with E-state index in [2.05, 4.69) is 155 Å². The third-order valence-corrected chi connectivity index (χ3v) is 10.3. The lowest BCUT2D eigenvalue weighted by Gasteiger charge is -2.12. The smallest absolute Gasteiger partial charge is 0.0726 e. The normalized spacial score (nSPS) is 12.2. The van der Waals surface area contributed by atoms with E-state index in [-0.39, 0.29) is 0 Å². The molecule has 0 saturated heterocycles. The second-order valence-electron chi connectivity index (χ2n) is 11.3. The second-order valence-corrected chi connectivity index (χ2v) is 12.4. The van der Waals surface area contributed by atoms with Gasteiger partial charge in [0.25, 0.3) is 0 Å². The zero-order valence-electron chi connectivity index (χ0n) is 23.2. The van der Waals surface area contributed by atoms with Gasteiger partial charge in [-0.2, -0.15) is 0 Å². The average Bonchev–Trinajstić information content (AvgIpc) is 3.73. The first-order valence-corrected chi connectivity index (χ1v) is 15.5. The lowest BCUT2D eigenvalue weighted by Crippen LogP contribution is -1.97. The van der Waals surface area contributed by atoms with Gasteiger partial charge in [0.1, 0.15) is 0 Å². The topological polar surface area (TPSA) is 9.86 Å². The third kappa shape index (κ3) is 3.07. The van der Waals surface area contributed by atoms with E-state index in [4.69, 9.17) is 0 Å². The Hall–Kier alpha value is -5.38. The maximum Gasteiger partial charge on any atom is 0.0726 e. The molecule has 0 fully saturated rings. The van der Waals surface area contributed by atoms with E-state index >= 15 is 0 Å². The van der Waals surface area contributed by atoms with E-state index in [1.54, 1.807) is 0 Å². The van der Waals surface area contributed by atoms with Gasteiger partial charge >= 0.3 is 0 Å². The number of benzene rings is 7. The molecule has 0 aliphatic rings. The van der Waals surface area contributed by atoms with Gasteiger partial charge in [0.15, 0.2) is 0 Å². The Bertz CT molecular complexity index is 2670.